The molecule has 1 aromatic carbocycles. The van der Waals surface area contributed by atoms with Gasteiger partial charge < -0.3 is 10.2 Å². The summed E-state index contributed by atoms with van der Waals surface area (Å²) in [4.78, 5) is 34.3. The molecule has 1 aliphatic carbocycles. The second-order valence-corrected chi connectivity index (χ2v) is 10.4. The van der Waals surface area contributed by atoms with Gasteiger partial charge in [-0.3, -0.25) is 14.5 Å². The van der Waals surface area contributed by atoms with Gasteiger partial charge in [-0.25, -0.2) is 4.98 Å². The molecule has 2 aromatic rings. The highest BCUT2D eigenvalue weighted by atomic mass is 16.2. The van der Waals surface area contributed by atoms with E-state index in [0.717, 1.165) is 50.1 Å². The van der Waals surface area contributed by atoms with E-state index in [9.17, 15) is 9.59 Å². The Labute approximate surface area is 206 Å². The van der Waals surface area contributed by atoms with Crippen molar-refractivity contribution in [3.63, 3.8) is 0 Å². The maximum atomic E-state index is 13.0. The van der Waals surface area contributed by atoms with Crippen molar-refractivity contribution >= 4 is 29.3 Å². The third-order valence-corrected chi connectivity index (χ3v) is 8.05. The Morgan fingerprint density at radius 3 is 2.86 bits per heavy atom. The number of likely N-dealkylation sites (tertiary alicyclic amines) is 1. The van der Waals surface area contributed by atoms with Gasteiger partial charge in [0.05, 0.1) is 0 Å². The number of nitrogens with one attached hydrogen (secondary N) is 1. The summed E-state index contributed by atoms with van der Waals surface area (Å²) >= 11 is 0. The van der Waals surface area contributed by atoms with Crippen molar-refractivity contribution in [2.75, 3.05) is 25.0 Å². The summed E-state index contributed by atoms with van der Waals surface area (Å²) < 4.78 is 0. The summed E-state index contributed by atoms with van der Waals surface area (Å²) in [6, 6.07) is 12.9. The second kappa shape index (κ2) is 9.42. The zero-order chi connectivity index (χ0) is 23.8. The van der Waals surface area contributed by atoms with Gasteiger partial charge in [0, 0.05) is 49.9 Å². The molecule has 2 saturated heterocycles. The van der Waals surface area contributed by atoms with Gasteiger partial charge in [0.25, 0.3) is 0 Å². The average Bonchev–Trinajstić information content (AvgIpc) is 3.44. The van der Waals surface area contributed by atoms with Crippen LogP contribution in [-0.2, 0) is 16.1 Å². The average molecular weight is 469 g/mol. The summed E-state index contributed by atoms with van der Waals surface area (Å²) in [5.41, 5.74) is 4.64. The van der Waals surface area contributed by atoms with Crippen LogP contribution in [0.2, 0.25) is 0 Å². The molecular weight excluding hydrogens is 436 g/mol. The minimum Gasteiger partial charge on any atom is -0.338 e. The van der Waals surface area contributed by atoms with Crippen LogP contribution in [0.1, 0.15) is 48.8 Å². The molecule has 0 radical (unpaired) electrons. The molecule has 4 aliphatic rings. The molecule has 1 N–H and O–H groups in total. The maximum absolute atomic E-state index is 13.0. The van der Waals surface area contributed by atoms with Crippen LogP contribution in [-0.4, -0.2) is 52.3 Å². The predicted molar refractivity (Wildman–Crippen MR) is 137 cm³/mol. The van der Waals surface area contributed by atoms with Crippen LogP contribution in [0.25, 0.3) is 11.6 Å². The number of pyridine rings is 1. The highest BCUT2D eigenvalue weighted by Gasteiger charge is 2.37. The number of carbonyl (C=O) groups is 2. The lowest BCUT2D eigenvalue weighted by Crippen LogP contribution is -2.42. The van der Waals surface area contributed by atoms with Gasteiger partial charge in [0.2, 0.25) is 11.8 Å². The molecule has 0 bridgehead atoms. The van der Waals surface area contributed by atoms with Gasteiger partial charge in [-0.05, 0) is 66.5 Å². The standard InChI is InChI=1S/C29H32N4O2/c34-27-15-26-8-4-5-11-32(26)19-25-12-20(16-30-29(25)31-27)9-10-28(35)33-17-23-13-22(14-24(23)18-33)21-6-2-1-3-7-21/h1-3,6-7,9-10,12-13,16,23-24,26H,4-5,8,11,14-15,17-19H2,(H,30,31,34)/b10-9+/t23-,24?,26?/m1/s1. The molecule has 6 heteroatoms. The molecule has 2 amide bonds. The number of anilines is 1. The fourth-order valence-corrected chi connectivity index (χ4v) is 6.20. The van der Waals surface area contributed by atoms with Crippen LogP contribution in [0.4, 0.5) is 5.82 Å². The monoisotopic (exact) mass is 468 g/mol. The smallest absolute Gasteiger partial charge is 0.246 e. The number of benzene rings is 1. The molecule has 4 heterocycles. The Morgan fingerprint density at radius 1 is 1.11 bits per heavy atom. The summed E-state index contributed by atoms with van der Waals surface area (Å²) in [7, 11) is 0. The molecule has 3 aliphatic heterocycles. The lowest BCUT2D eigenvalue weighted by molar-refractivity contribution is -0.125. The second-order valence-electron chi connectivity index (χ2n) is 10.4. The van der Waals surface area contributed by atoms with Crippen molar-refractivity contribution in [2.45, 2.75) is 44.7 Å². The molecule has 0 spiro atoms. The number of hydrogen-bond acceptors (Lipinski definition) is 4. The lowest BCUT2D eigenvalue weighted by Gasteiger charge is -2.37. The number of piperidine rings is 1. The number of allylic oxidation sites excluding steroid dienone is 1. The molecule has 1 aromatic heterocycles. The van der Waals surface area contributed by atoms with Crippen LogP contribution in [0.3, 0.4) is 0 Å². The summed E-state index contributed by atoms with van der Waals surface area (Å²) in [5.74, 6) is 1.71. The predicted octanol–water partition coefficient (Wildman–Crippen LogP) is 4.35. The molecule has 6 nitrogen and oxygen atoms in total. The molecule has 35 heavy (non-hydrogen) atoms. The van der Waals surface area contributed by atoms with E-state index in [1.165, 1.54) is 24.0 Å². The van der Waals surface area contributed by atoms with E-state index in [0.29, 0.717) is 30.1 Å². The number of rotatable bonds is 3. The maximum Gasteiger partial charge on any atom is 0.246 e. The molecular formula is C29H32N4O2. The fraction of sp³-hybridized carbons (Fsp3) is 0.414. The van der Waals surface area contributed by atoms with Crippen LogP contribution >= 0.6 is 0 Å². The van der Waals surface area contributed by atoms with Crippen molar-refractivity contribution in [1.82, 2.24) is 14.8 Å². The van der Waals surface area contributed by atoms with Crippen LogP contribution in [0.15, 0.2) is 54.7 Å². The zero-order valence-corrected chi connectivity index (χ0v) is 20.0. The van der Waals surface area contributed by atoms with E-state index in [2.05, 4.69) is 51.6 Å². The summed E-state index contributed by atoms with van der Waals surface area (Å²) in [6.45, 7) is 3.41. The Hall–Kier alpha value is -3.25. The van der Waals surface area contributed by atoms with E-state index in [1.807, 2.05) is 17.0 Å². The molecule has 6 rings (SSSR count). The largest absolute Gasteiger partial charge is 0.338 e. The van der Waals surface area contributed by atoms with Gasteiger partial charge in [0.1, 0.15) is 5.82 Å². The van der Waals surface area contributed by atoms with Gasteiger partial charge in [-0.1, -0.05) is 42.8 Å². The Kier molecular flexibility index (Phi) is 5.98. The van der Waals surface area contributed by atoms with Gasteiger partial charge in [0.15, 0.2) is 0 Å². The number of hydrogen-bond donors (Lipinski definition) is 1. The quantitative estimate of drug-likeness (QED) is 0.680. The topological polar surface area (TPSA) is 65.5 Å². The SMILES string of the molecule is O=C1CC2CCCCN2Cc2cc(/C=C/C(=O)N3CC4CC(c5ccccc5)=C[C@@H]4C3)cnc2N1. The minimum absolute atomic E-state index is 0.0397. The number of nitrogens with zero attached hydrogens (tertiary/aromatic N) is 3. The van der Waals surface area contributed by atoms with Crippen LogP contribution in [0.5, 0.6) is 0 Å². The number of carbonyl (C=O) groups excluding carboxylic acids is 2. The molecule has 3 atom stereocenters. The zero-order valence-electron chi connectivity index (χ0n) is 20.0. The molecule has 2 unspecified atom stereocenters. The van der Waals surface area contributed by atoms with Crippen LogP contribution < -0.4 is 5.32 Å². The van der Waals surface area contributed by atoms with E-state index in [-0.39, 0.29) is 11.8 Å². The number of amides is 2. The normalized spacial score (nSPS) is 26.4. The Bertz CT molecular complexity index is 1190. The van der Waals surface area contributed by atoms with Gasteiger partial charge >= 0.3 is 0 Å². The van der Waals surface area contributed by atoms with E-state index >= 15 is 0 Å². The van der Waals surface area contributed by atoms with Gasteiger partial charge in [-0.15, -0.1) is 0 Å². The third-order valence-electron chi connectivity index (χ3n) is 8.05. The Balaban J connectivity index is 1.12. The first-order valence-electron chi connectivity index (χ1n) is 12.9. The van der Waals surface area contributed by atoms with E-state index in [4.69, 9.17) is 0 Å². The van der Waals surface area contributed by atoms with Crippen molar-refractivity contribution < 1.29 is 9.59 Å². The van der Waals surface area contributed by atoms with Crippen molar-refractivity contribution in [1.29, 1.82) is 0 Å². The van der Waals surface area contributed by atoms with Crippen LogP contribution in [0, 0.1) is 11.8 Å². The molecule has 0 saturated carbocycles. The highest BCUT2D eigenvalue weighted by Crippen LogP contribution is 2.41. The highest BCUT2D eigenvalue weighted by molar-refractivity contribution is 5.93. The first kappa shape index (κ1) is 22.2. The molecule has 180 valence electrons. The van der Waals surface area contributed by atoms with E-state index in [1.54, 1.807) is 12.3 Å². The Morgan fingerprint density at radius 2 is 2.00 bits per heavy atom. The summed E-state index contributed by atoms with van der Waals surface area (Å²) in [5, 5.41) is 2.99. The number of fused-ring (bicyclic) bond motifs is 3. The molecule has 2 fully saturated rings. The fourth-order valence-electron chi connectivity index (χ4n) is 6.20. The van der Waals surface area contributed by atoms with Crippen molar-refractivity contribution in [2.24, 2.45) is 11.8 Å². The lowest BCUT2D eigenvalue weighted by atomic mass is 9.97. The van der Waals surface area contributed by atoms with Gasteiger partial charge in [-0.2, -0.15) is 0 Å². The minimum atomic E-state index is 0.0397. The summed E-state index contributed by atoms with van der Waals surface area (Å²) in [6.07, 6.45) is 12.7. The van der Waals surface area contributed by atoms with Crippen molar-refractivity contribution in [3.05, 3.63) is 71.4 Å². The van der Waals surface area contributed by atoms with E-state index < -0.39 is 0 Å². The first-order valence-corrected chi connectivity index (χ1v) is 12.9. The number of aromatic nitrogens is 1. The first-order chi connectivity index (χ1) is 17.1. The third kappa shape index (κ3) is 4.67. The van der Waals surface area contributed by atoms with Crippen molar-refractivity contribution in [3.8, 4) is 0 Å².